The molecule has 1 aliphatic rings. The number of unbranched alkanes of at least 4 members (excludes halogenated alkanes) is 3. The van der Waals surface area contributed by atoms with E-state index in [2.05, 4.69) is 36.5 Å². The van der Waals surface area contributed by atoms with Gasteiger partial charge in [0.1, 0.15) is 0 Å². The zero-order valence-corrected chi connectivity index (χ0v) is 11.8. The van der Waals surface area contributed by atoms with Crippen LogP contribution < -0.4 is 5.32 Å². The van der Waals surface area contributed by atoms with Gasteiger partial charge in [-0.3, -0.25) is 0 Å². The Bertz CT molecular complexity index is 322. The third kappa shape index (κ3) is 4.45. The molecule has 0 aliphatic carbocycles. The molecule has 1 N–H and O–H groups in total. The van der Waals surface area contributed by atoms with Crippen LogP contribution in [-0.4, -0.2) is 12.6 Å². The van der Waals surface area contributed by atoms with Gasteiger partial charge in [-0.25, -0.2) is 0 Å². The summed E-state index contributed by atoms with van der Waals surface area (Å²) in [4.78, 5) is 0. The van der Waals surface area contributed by atoms with Gasteiger partial charge in [0, 0.05) is 6.04 Å². The molecule has 0 radical (unpaired) electrons. The summed E-state index contributed by atoms with van der Waals surface area (Å²) >= 11 is 0. The van der Waals surface area contributed by atoms with Crippen LogP contribution in [0.3, 0.4) is 0 Å². The van der Waals surface area contributed by atoms with Gasteiger partial charge >= 0.3 is 0 Å². The Morgan fingerprint density at radius 3 is 2.50 bits per heavy atom. The summed E-state index contributed by atoms with van der Waals surface area (Å²) in [6.45, 7) is 3.48. The van der Waals surface area contributed by atoms with Crippen LogP contribution in [0.2, 0.25) is 0 Å². The second-order valence-corrected chi connectivity index (χ2v) is 5.62. The van der Waals surface area contributed by atoms with Gasteiger partial charge in [-0.1, -0.05) is 50.5 Å². The predicted molar refractivity (Wildman–Crippen MR) is 79.0 cm³/mol. The third-order valence-electron chi connectivity index (χ3n) is 3.99. The van der Waals surface area contributed by atoms with Crippen molar-refractivity contribution in [3.63, 3.8) is 0 Å². The summed E-state index contributed by atoms with van der Waals surface area (Å²) < 4.78 is 0. The maximum absolute atomic E-state index is 3.57. The van der Waals surface area contributed by atoms with Crippen LogP contribution >= 0.6 is 0 Å². The molecule has 1 aromatic rings. The van der Waals surface area contributed by atoms with Crippen LogP contribution in [0.25, 0.3) is 0 Å². The Morgan fingerprint density at radius 1 is 1.06 bits per heavy atom. The van der Waals surface area contributed by atoms with E-state index in [-0.39, 0.29) is 0 Å². The first-order valence-electron chi connectivity index (χ1n) is 7.69. The topological polar surface area (TPSA) is 12.0 Å². The number of hydrogen-bond acceptors (Lipinski definition) is 1. The van der Waals surface area contributed by atoms with E-state index < -0.39 is 0 Å². The Morgan fingerprint density at radius 2 is 1.83 bits per heavy atom. The van der Waals surface area contributed by atoms with Crippen molar-refractivity contribution in [3.8, 4) is 0 Å². The van der Waals surface area contributed by atoms with Crippen molar-refractivity contribution < 1.29 is 0 Å². The molecule has 0 saturated carbocycles. The maximum Gasteiger partial charge on any atom is 0.0108 e. The number of aryl methyl sites for hydroxylation is 1. The van der Waals surface area contributed by atoms with Crippen LogP contribution in [0.5, 0.6) is 0 Å². The summed E-state index contributed by atoms with van der Waals surface area (Å²) in [7, 11) is 0. The van der Waals surface area contributed by atoms with Gasteiger partial charge in [0.25, 0.3) is 0 Å². The molecular formula is C17H27N. The molecule has 1 aliphatic heterocycles. The number of rotatable bonds is 7. The summed E-state index contributed by atoms with van der Waals surface area (Å²) in [5.74, 6) is 0. The minimum absolute atomic E-state index is 0.723. The first kappa shape index (κ1) is 13.6. The smallest absolute Gasteiger partial charge is 0.0108 e. The largest absolute Gasteiger partial charge is 0.314 e. The Labute approximate surface area is 112 Å². The van der Waals surface area contributed by atoms with Gasteiger partial charge in [-0.2, -0.15) is 0 Å². The molecule has 1 heterocycles. The number of hydrogen-bond donors (Lipinski definition) is 1. The van der Waals surface area contributed by atoms with Gasteiger partial charge in [-0.05, 0) is 49.8 Å². The zero-order valence-electron chi connectivity index (χ0n) is 11.8. The van der Waals surface area contributed by atoms with Crippen LogP contribution in [0, 0.1) is 0 Å². The average Bonchev–Trinajstić information content (AvgIpc) is 2.89. The fourth-order valence-electron chi connectivity index (χ4n) is 2.81. The van der Waals surface area contributed by atoms with Crippen molar-refractivity contribution in [1.82, 2.24) is 5.32 Å². The highest BCUT2D eigenvalue weighted by Crippen LogP contribution is 2.14. The highest BCUT2D eigenvalue weighted by molar-refractivity contribution is 5.23. The lowest BCUT2D eigenvalue weighted by Crippen LogP contribution is -2.23. The van der Waals surface area contributed by atoms with E-state index in [0.29, 0.717) is 0 Å². The SMILES string of the molecule is CCCCCCc1ccc(CC2CCCN2)cc1. The minimum atomic E-state index is 0.723. The molecule has 1 nitrogen and oxygen atoms in total. The monoisotopic (exact) mass is 245 g/mol. The van der Waals surface area contributed by atoms with Crippen molar-refractivity contribution in [2.45, 2.75) is 64.3 Å². The quantitative estimate of drug-likeness (QED) is 0.713. The fourth-order valence-corrected chi connectivity index (χ4v) is 2.81. The fraction of sp³-hybridized carbons (Fsp3) is 0.647. The second kappa shape index (κ2) is 7.58. The van der Waals surface area contributed by atoms with E-state index in [1.807, 2.05) is 0 Å². The lowest BCUT2D eigenvalue weighted by atomic mass is 10.0. The van der Waals surface area contributed by atoms with Crippen LogP contribution in [-0.2, 0) is 12.8 Å². The maximum atomic E-state index is 3.57. The van der Waals surface area contributed by atoms with Crippen molar-refractivity contribution in [2.24, 2.45) is 0 Å². The molecule has 1 fully saturated rings. The van der Waals surface area contributed by atoms with Crippen molar-refractivity contribution in [2.75, 3.05) is 6.54 Å². The molecule has 1 aromatic carbocycles. The predicted octanol–water partition coefficient (Wildman–Crippen LogP) is 4.10. The van der Waals surface area contributed by atoms with E-state index in [9.17, 15) is 0 Å². The molecule has 0 bridgehead atoms. The summed E-state index contributed by atoms with van der Waals surface area (Å²) in [6, 6.07) is 10.0. The lowest BCUT2D eigenvalue weighted by molar-refractivity contribution is 0.603. The highest BCUT2D eigenvalue weighted by atomic mass is 14.9. The van der Waals surface area contributed by atoms with Crippen molar-refractivity contribution in [3.05, 3.63) is 35.4 Å². The Balaban J connectivity index is 1.74. The summed E-state index contributed by atoms with van der Waals surface area (Å²) in [6.07, 6.45) is 10.6. The van der Waals surface area contributed by atoms with E-state index >= 15 is 0 Å². The lowest BCUT2D eigenvalue weighted by Gasteiger charge is -2.10. The molecule has 100 valence electrons. The summed E-state index contributed by atoms with van der Waals surface area (Å²) in [5, 5.41) is 3.57. The number of nitrogens with one attached hydrogen (secondary N) is 1. The molecule has 1 unspecified atom stereocenters. The molecule has 0 aromatic heterocycles. The Kier molecular flexibility index (Phi) is 5.73. The van der Waals surface area contributed by atoms with Gasteiger partial charge in [0.15, 0.2) is 0 Å². The van der Waals surface area contributed by atoms with E-state index in [4.69, 9.17) is 0 Å². The van der Waals surface area contributed by atoms with Crippen molar-refractivity contribution in [1.29, 1.82) is 0 Å². The van der Waals surface area contributed by atoms with Gasteiger partial charge < -0.3 is 5.32 Å². The van der Waals surface area contributed by atoms with Gasteiger partial charge in [0.2, 0.25) is 0 Å². The zero-order chi connectivity index (χ0) is 12.6. The molecule has 18 heavy (non-hydrogen) atoms. The summed E-state index contributed by atoms with van der Waals surface area (Å²) in [5.41, 5.74) is 3.00. The van der Waals surface area contributed by atoms with Crippen molar-refractivity contribution >= 4 is 0 Å². The van der Waals surface area contributed by atoms with Crippen LogP contribution in [0.15, 0.2) is 24.3 Å². The molecular weight excluding hydrogens is 218 g/mol. The molecule has 1 atom stereocenters. The first-order valence-corrected chi connectivity index (χ1v) is 7.69. The minimum Gasteiger partial charge on any atom is -0.314 e. The standard InChI is InChI=1S/C17H27N/c1-2-3-4-5-7-15-9-11-16(12-10-15)14-17-8-6-13-18-17/h9-12,17-18H,2-8,13-14H2,1H3. The van der Waals surface area contributed by atoms with E-state index in [1.54, 1.807) is 0 Å². The molecule has 2 rings (SSSR count). The van der Waals surface area contributed by atoms with E-state index in [0.717, 1.165) is 6.04 Å². The first-order chi connectivity index (χ1) is 8.88. The van der Waals surface area contributed by atoms with E-state index in [1.165, 1.54) is 69.0 Å². The molecule has 1 saturated heterocycles. The Hall–Kier alpha value is -0.820. The highest BCUT2D eigenvalue weighted by Gasteiger charge is 2.13. The third-order valence-corrected chi connectivity index (χ3v) is 3.99. The van der Waals surface area contributed by atoms with Crippen LogP contribution in [0.1, 0.15) is 56.6 Å². The molecule has 0 amide bonds. The molecule has 1 heteroatoms. The van der Waals surface area contributed by atoms with Crippen LogP contribution in [0.4, 0.5) is 0 Å². The van der Waals surface area contributed by atoms with Gasteiger partial charge in [-0.15, -0.1) is 0 Å². The second-order valence-electron chi connectivity index (χ2n) is 5.62. The number of benzene rings is 1. The van der Waals surface area contributed by atoms with Gasteiger partial charge in [0.05, 0.1) is 0 Å². The molecule has 0 spiro atoms. The normalized spacial score (nSPS) is 19.3. The average molecular weight is 245 g/mol.